The van der Waals surface area contributed by atoms with Gasteiger partial charge in [-0.3, -0.25) is 4.72 Å². The van der Waals surface area contributed by atoms with E-state index in [9.17, 15) is 8.42 Å². The molecule has 0 saturated heterocycles. The largest absolute Gasteiger partial charge is 0.316 e. The molecule has 2 N–H and O–H groups in total. The monoisotopic (exact) mass is 368 g/mol. The van der Waals surface area contributed by atoms with Crippen molar-refractivity contribution >= 4 is 31.6 Å². The maximum atomic E-state index is 12.3. The molecular weight excluding hydrogens is 352 g/mol. The normalized spacial score (nSPS) is 11.4. The van der Waals surface area contributed by atoms with Gasteiger partial charge in [-0.2, -0.15) is 0 Å². The van der Waals surface area contributed by atoms with Crippen LogP contribution in [0.2, 0.25) is 0 Å². The van der Waals surface area contributed by atoms with Crippen LogP contribution in [0.1, 0.15) is 11.1 Å². The van der Waals surface area contributed by atoms with Crippen molar-refractivity contribution in [2.45, 2.75) is 18.4 Å². The Kier molecular flexibility index (Phi) is 5.03. The Hall–Kier alpha value is -1.37. The maximum absolute atomic E-state index is 12.3. The number of benzene rings is 2. The summed E-state index contributed by atoms with van der Waals surface area (Å²) in [6.45, 7) is 2.65. The molecule has 0 aliphatic rings. The van der Waals surface area contributed by atoms with Gasteiger partial charge in [-0.05, 0) is 49.4 Å². The van der Waals surface area contributed by atoms with Crippen LogP contribution in [0, 0.1) is 6.92 Å². The maximum Gasteiger partial charge on any atom is 0.261 e. The van der Waals surface area contributed by atoms with E-state index < -0.39 is 10.0 Å². The number of hydrogen-bond acceptors (Lipinski definition) is 3. The molecule has 0 saturated carbocycles. The highest BCUT2D eigenvalue weighted by Crippen LogP contribution is 2.23. The Labute approximate surface area is 133 Å². The third kappa shape index (κ3) is 4.06. The van der Waals surface area contributed by atoms with E-state index in [1.807, 2.05) is 20.0 Å². The summed E-state index contributed by atoms with van der Waals surface area (Å²) in [5, 5.41) is 3.02. The fraction of sp³-hybridized carbons (Fsp3) is 0.200. The van der Waals surface area contributed by atoms with Crippen molar-refractivity contribution < 1.29 is 8.42 Å². The van der Waals surface area contributed by atoms with Gasteiger partial charge in [-0.15, -0.1) is 0 Å². The molecule has 0 spiro atoms. The fourth-order valence-electron chi connectivity index (χ4n) is 1.86. The van der Waals surface area contributed by atoms with Crippen LogP contribution < -0.4 is 10.0 Å². The van der Waals surface area contributed by atoms with Crippen LogP contribution in [-0.4, -0.2) is 15.5 Å². The second kappa shape index (κ2) is 6.60. The van der Waals surface area contributed by atoms with Crippen molar-refractivity contribution in [2.24, 2.45) is 0 Å². The summed E-state index contributed by atoms with van der Waals surface area (Å²) >= 11 is 3.39. The standard InChI is InChI=1S/C15H17BrN2O2S/c1-11-3-6-13(9-15(11)16)18-21(19,20)14-7-4-12(5-8-14)10-17-2/h3-9,17-18H,10H2,1-2H3. The van der Waals surface area contributed by atoms with Crippen LogP contribution in [0.3, 0.4) is 0 Å². The molecule has 0 radical (unpaired) electrons. The molecule has 0 aromatic heterocycles. The van der Waals surface area contributed by atoms with Gasteiger partial charge in [0.05, 0.1) is 4.90 Å². The van der Waals surface area contributed by atoms with Gasteiger partial charge in [0, 0.05) is 16.7 Å². The average Bonchev–Trinajstić information content (AvgIpc) is 2.44. The number of aryl methyl sites for hydroxylation is 1. The molecule has 0 atom stereocenters. The SMILES string of the molecule is CNCc1ccc(S(=O)(=O)Nc2ccc(C)c(Br)c2)cc1. The highest BCUT2D eigenvalue weighted by molar-refractivity contribution is 9.10. The summed E-state index contributed by atoms with van der Waals surface area (Å²) in [4.78, 5) is 0.249. The van der Waals surface area contributed by atoms with Crippen LogP contribution in [0.4, 0.5) is 5.69 Å². The minimum Gasteiger partial charge on any atom is -0.316 e. The molecule has 2 rings (SSSR count). The van der Waals surface area contributed by atoms with Crippen molar-refractivity contribution in [3.63, 3.8) is 0 Å². The second-order valence-corrected chi connectivity index (χ2v) is 7.28. The minimum absolute atomic E-state index is 0.249. The van der Waals surface area contributed by atoms with E-state index in [2.05, 4.69) is 26.0 Å². The van der Waals surface area contributed by atoms with E-state index in [-0.39, 0.29) is 4.90 Å². The number of halogens is 1. The molecular formula is C15H17BrN2O2S. The summed E-state index contributed by atoms with van der Waals surface area (Å²) < 4.78 is 28.1. The summed E-state index contributed by atoms with van der Waals surface area (Å²) in [6.07, 6.45) is 0. The summed E-state index contributed by atoms with van der Waals surface area (Å²) in [5.74, 6) is 0. The molecule has 0 unspecified atom stereocenters. The molecule has 0 aliphatic heterocycles. The van der Waals surface area contributed by atoms with Crippen molar-refractivity contribution in [2.75, 3.05) is 11.8 Å². The first-order valence-electron chi connectivity index (χ1n) is 6.45. The first-order chi connectivity index (χ1) is 9.92. The van der Waals surface area contributed by atoms with Crippen LogP contribution in [0.15, 0.2) is 51.8 Å². The molecule has 2 aromatic rings. The number of anilines is 1. The molecule has 0 amide bonds. The van der Waals surface area contributed by atoms with Gasteiger partial charge in [-0.1, -0.05) is 34.1 Å². The highest BCUT2D eigenvalue weighted by Gasteiger charge is 2.14. The molecule has 0 fully saturated rings. The van der Waals surface area contributed by atoms with Gasteiger partial charge in [0.25, 0.3) is 10.0 Å². The zero-order valence-electron chi connectivity index (χ0n) is 11.9. The van der Waals surface area contributed by atoms with Crippen LogP contribution in [0.25, 0.3) is 0 Å². The highest BCUT2D eigenvalue weighted by atomic mass is 79.9. The van der Waals surface area contributed by atoms with Crippen molar-refractivity contribution in [1.29, 1.82) is 0 Å². The minimum atomic E-state index is -3.57. The number of sulfonamides is 1. The Bertz CT molecular complexity index is 728. The molecule has 112 valence electrons. The third-order valence-corrected chi connectivity index (χ3v) is 5.29. The van der Waals surface area contributed by atoms with E-state index >= 15 is 0 Å². The van der Waals surface area contributed by atoms with E-state index in [1.165, 1.54) is 0 Å². The Morgan fingerprint density at radius 1 is 1.10 bits per heavy atom. The van der Waals surface area contributed by atoms with Crippen molar-refractivity contribution in [3.8, 4) is 0 Å². The molecule has 4 nitrogen and oxygen atoms in total. The van der Waals surface area contributed by atoms with Crippen molar-refractivity contribution in [3.05, 3.63) is 58.1 Å². The molecule has 21 heavy (non-hydrogen) atoms. The van der Waals surface area contributed by atoms with Gasteiger partial charge in [-0.25, -0.2) is 8.42 Å². The smallest absolute Gasteiger partial charge is 0.261 e. The lowest BCUT2D eigenvalue weighted by atomic mass is 10.2. The zero-order chi connectivity index (χ0) is 15.5. The summed E-state index contributed by atoms with van der Waals surface area (Å²) in [7, 11) is -1.72. The third-order valence-electron chi connectivity index (χ3n) is 3.04. The van der Waals surface area contributed by atoms with Gasteiger partial charge in [0.2, 0.25) is 0 Å². The van der Waals surface area contributed by atoms with Crippen molar-refractivity contribution in [1.82, 2.24) is 5.32 Å². The predicted molar refractivity (Wildman–Crippen MR) is 88.9 cm³/mol. The lowest BCUT2D eigenvalue weighted by molar-refractivity contribution is 0.601. The average molecular weight is 369 g/mol. The van der Waals surface area contributed by atoms with Crippen LogP contribution in [0.5, 0.6) is 0 Å². The number of nitrogens with one attached hydrogen (secondary N) is 2. The summed E-state index contributed by atoms with van der Waals surface area (Å²) in [5.41, 5.74) is 2.62. The lowest BCUT2D eigenvalue weighted by Crippen LogP contribution is -2.13. The predicted octanol–water partition coefficient (Wildman–Crippen LogP) is 3.28. The molecule has 2 aromatic carbocycles. The Balaban J connectivity index is 2.23. The lowest BCUT2D eigenvalue weighted by Gasteiger charge is -2.10. The molecule has 6 heteroatoms. The fourth-order valence-corrected chi connectivity index (χ4v) is 3.29. The first kappa shape index (κ1) is 16.0. The van der Waals surface area contributed by atoms with Gasteiger partial charge in [0.15, 0.2) is 0 Å². The van der Waals surface area contributed by atoms with E-state index in [0.29, 0.717) is 12.2 Å². The van der Waals surface area contributed by atoms with E-state index in [1.54, 1.807) is 36.4 Å². The van der Waals surface area contributed by atoms with Gasteiger partial charge in [0.1, 0.15) is 0 Å². The van der Waals surface area contributed by atoms with E-state index in [4.69, 9.17) is 0 Å². The molecule has 0 aliphatic carbocycles. The Morgan fingerprint density at radius 2 is 1.76 bits per heavy atom. The van der Waals surface area contributed by atoms with E-state index in [0.717, 1.165) is 15.6 Å². The second-order valence-electron chi connectivity index (χ2n) is 4.74. The summed E-state index contributed by atoms with van der Waals surface area (Å²) in [6, 6.07) is 12.2. The topological polar surface area (TPSA) is 58.2 Å². The van der Waals surface area contributed by atoms with Gasteiger partial charge < -0.3 is 5.32 Å². The first-order valence-corrected chi connectivity index (χ1v) is 8.72. The number of rotatable bonds is 5. The zero-order valence-corrected chi connectivity index (χ0v) is 14.3. The molecule has 0 bridgehead atoms. The van der Waals surface area contributed by atoms with Gasteiger partial charge >= 0.3 is 0 Å². The van der Waals surface area contributed by atoms with Crippen LogP contribution in [-0.2, 0) is 16.6 Å². The quantitative estimate of drug-likeness (QED) is 0.851. The van der Waals surface area contributed by atoms with Crippen LogP contribution >= 0.6 is 15.9 Å². The number of hydrogen-bond donors (Lipinski definition) is 2. The molecule has 0 heterocycles. The Morgan fingerprint density at radius 3 is 2.33 bits per heavy atom.